The van der Waals surface area contributed by atoms with Crippen molar-refractivity contribution in [1.82, 2.24) is 4.98 Å². The molecule has 0 bridgehead atoms. The number of pyridine rings is 1. The van der Waals surface area contributed by atoms with Gasteiger partial charge in [0.25, 0.3) is 0 Å². The third-order valence-corrected chi connectivity index (χ3v) is 0.980. The van der Waals surface area contributed by atoms with E-state index < -0.39 is 19.0 Å². The monoisotopic (exact) mass is 154 g/mol. The summed E-state index contributed by atoms with van der Waals surface area (Å²) in [6, 6.07) is 2.36. The summed E-state index contributed by atoms with van der Waals surface area (Å²) in [6.45, 7) is -2.82. The lowest BCUT2D eigenvalue weighted by Gasteiger charge is -1.87. The van der Waals surface area contributed by atoms with Gasteiger partial charge in [0.15, 0.2) is 0 Å². The average molecular weight is 154 g/mol. The Bertz CT molecular complexity index is 426. The smallest absolute Gasteiger partial charge is 0.141 e. The zero-order valence-electron chi connectivity index (χ0n) is 10.6. The fourth-order valence-corrected chi connectivity index (χ4v) is 0.545. The molecule has 0 saturated carbocycles. The molecule has 0 aromatic carbocycles. The molecule has 1 nitrogen and oxygen atoms in total. The Morgan fingerprint density at radius 3 is 3.36 bits per heavy atom. The molecule has 2 heteroatoms. The van der Waals surface area contributed by atoms with Crippen molar-refractivity contribution in [2.75, 3.05) is 0 Å². The molecule has 0 aliphatic rings. The second-order valence-electron chi connectivity index (χ2n) is 1.74. The summed E-state index contributed by atoms with van der Waals surface area (Å²) >= 11 is 0. The van der Waals surface area contributed by atoms with E-state index >= 15 is 0 Å². The number of hydrogen-bond donors (Lipinski definition) is 0. The van der Waals surface area contributed by atoms with Crippen LogP contribution in [0.3, 0.4) is 0 Å². The number of halogens is 1. The summed E-state index contributed by atoms with van der Waals surface area (Å²) in [5, 5.41) is 0. The van der Waals surface area contributed by atoms with Crippen molar-refractivity contribution in [3.05, 3.63) is 29.8 Å². The van der Waals surface area contributed by atoms with Gasteiger partial charge in [-0.15, -0.1) is 0 Å². The van der Waals surface area contributed by atoms with E-state index in [-0.39, 0.29) is 5.69 Å². The molecular formula is C9H8FN. The van der Waals surface area contributed by atoms with E-state index in [2.05, 4.69) is 10.9 Å². The van der Waals surface area contributed by atoms with E-state index in [1.807, 2.05) is 5.92 Å². The maximum atomic E-state index is 12.5. The van der Waals surface area contributed by atoms with Crippen LogP contribution in [0.5, 0.6) is 0 Å². The molecule has 0 amide bonds. The van der Waals surface area contributed by atoms with Crippen LogP contribution in [0.2, 0.25) is 0 Å². The largest absolute Gasteiger partial charge is 0.245 e. The van der Waals surface area contributed by atoms with Crippen LogP contribution < -0.4 is 0 Å². The van der Waals surface area contributed by atoms with Gasteiger partial charge >= 0.3 is 0 Å². The molecule has 1 heterocycles. The van der Waals surface area contributed by atoms with Gasteiger partial charge in [0.1, 0.15) is 11.5 Å². The number of rotatable bonds is 0. The molecule has 0 N–H and O–H groups in total. The molecule has 11 heavy (non-hydrogen) atoms. The molecule has 0 fully saturated rings. The Hall–Kier alpha value is -1.36. The predicted molar refractivity (Wildman–Crippen MR) is 41.4 cm³/mol. The maximum absolute atomic E-state index is 12.5. The summed E-state index contributed by atoms with van der Waals surface area (Å²) in [7, 11) is 0. The summed E-state index contributed by atoms with van der Waals surface area (Å²) in [5.41, 5.74) is 0.120. The van der Waals surface area contributed by atoms with E-state index in [1.165, 1.54) is 6.07 Å². The van der Waals surface area contributed by atoms with Gasteiger partial charge in [-0.05, 0) is 18.1 Å². The fraction of sp³-hybridized carbons (Fsp3) is 0.222. The van der Waals surface area contributed by atoms with Crippen molar-refractivity contribution in [3.63, 3.8) is 0 Å². The zero-order chi connectivity index (χ0) is 12.4. The average Bonchev–Trinajstić information content (AvgIpc) is 2.15. The Morgan fingerprint density at radius 1 is 1.82 bits per heavy atom. The predicted octanol–water partition coefficient (Wildman–Crippen LogP) is 1.98. The zero-order valence-corrected chi connectivity index (χ0v) is 5.56. The van der Waals surface area contributed by atoms with Crippen LogP contribution in [0.15, 0.2) is 18.3 Å². The second kappa shape index (κ2) is 3.72. The first-order valence-electron chi connectivity index (χ1n) is 5.37. The first kappa shape index (κ1) is 3.36. The standard InChI is InChI=1S/C9H8FN/c1-2-3-4-9-6-5-8(10)7-11-9/h5-7H,2H2,1H3/i1D3,2D2. The van der Waals surface area contributed by atoms with Crippen molar-refractivity contribution in [2.24, 2.45) is 0 Å². The normalized spacial score (nSPS) is 17.7. The molecule has 1 aromatic heterocycles. The molecule has 0 unspecified atom stereocenters. The Morgan fingerprint density at radius 2 is 2.73 bits per heavy atom. The lowest BCUT2D eigenvalue weighted by molar-refractivity contribution is 0.621. The first-order valence-corrected chi connectivity index (χ1v) is 2.87. The van der Waals surface area contributed by atoms with Gasteiger partial charge in [-0.2, -0.15) is 0 Å². The van der Waals surface area contributed by atoms with Crippen LogP contribution in [0.4, 0.5) is 4.39 Å². The van der Waals surface area contributed by atoms with Crippen molar-refractivity contribution in [2.45, 2.75) is 13.2 Å². The molecular weight excluding hydrogens is 141 g/mol. The molecule has 0 radical (unpaired) electrons. The highest BCUT2D eigenvalue weighted by Gasteiger charge is 1.88. The lowest BCUT2D eigenvalue weighted by atomic mass is 10.3. The van der Waals surface area contributed by atoms with Gasteiger partial charge in [-0.3, -0.25) is 0 Å². The summed E-state index contributed by atoms with van der Waals surface area (Å²) in [5.74, 6) is 3.69. The molecule has 1 aromatic rings. The quantitative estimate of drug-likeness (QED) is 0.521. The lowest BCUT2D eigenvalue weighted by Crippen LogP contribution is -1.82. The van der Waals surface area contributed by atoms with E-state index in [0.29, 0.717) is 0 Å². The highest BCUT2D eigenvalue weighted by molar-refractivity contribution is 5.26. The van der Waals surface area contributed by atoms with Crippen LogP contribution in [0.1, 0.15) is 25.8 Å². The Balaban J connectivity index is 2.94. The van der Waals surface area contributed by atoms with Gasteiger partial charge in [0.2, 0.25) is 0 Å². The van der Waals surface area contributed by atoms with Gasteiger partial charge in [-0.1, -0.05) is 12.8 Å². The third kappa shape index (κ3) is 2.38. The van der Waals surface area contributed by atoms with Crippen LogP contribution in [-0.2, 0) is 0 Å². The van der Waals surface area contributed by atoms with E-state index in [9.17, 15) is 4.39 Å². The van der Waals surface area contributed by atoms with Gasteiger partial charge in [-0.25, -0.2) is 9.37 Å². The number of nitrogens with zero attached hydrogens (tertiary/aromatic N) is 1. The highest BCUT2D eigenvalue weighted by atomic mass is 19.1. The van der Waals surface area contributed by atoms with Crippen molar-refractivity contribution in [1.29, 1.82) is 0 Å². The minimum Gasteiger partial charge on any atom is -0.245 e. The van der Waals surface area contributed by atoms with Crippen molar-refractivity contribution >= 4 is 0 Å². The van der Waals surface area contributed by atoms with Crippen LogP contribution in [-0.4, -0.2) is 4.98 Å². The highest BCUT2D eigenvalue weighted by Crippen LogP contribution is 1.95. The molecule has 0 atom stereocenters. The minimum atomic E-state index is -2.82. The van der Waals surface area contributed by atoms with Crippen LogP contribution in [0.25, 0.3) is 0 Å². The van der Waals surface area contributed by atoms with Gasteiger partial charge in [0, 0.05) is 13.2 Å². The molecule has 0 aliphatic carbocycles. The maximum Gasteiger partial charge on any atom is 0.141 e. The minimum absolute atomic E-state index is 0.120. The van der Waals surface area contributed by atoms with Gasteiger partial charge in [0.05, 0.1) is 6.20 Å². The first-order chi connectivity index (χ1) is 7.22. The third-order valence-electron chi connectivity index (χ3n) is 0.980. The van der Waals surface area contributed by atoms with E-state index in [4.69, 9.17) is 6.85 Å². The molecule has 1 rings (SSSR count). The molecule has 0 aliphatic heterocycles. The van der Waals surface area contributed by atoms with E-state index in [1.54, 1.807) is 0 Å². The Labute approximate surface area is 72.3 Å². The molecule has 56 valence electrons. The van der Waals surface area contributed by atoms with Crippen molar-refractivity contribution in [3.8, 4) is 11.8 Å². The molecule has 0 saturated heterocycles. The second-order valence-corrected chi connectivity index (χ2v) is 1.74. The summed E-state index contributed by atoms with van der Waals surface area (Å²) in [4.78, 5) is 3.56. The van der Waals surface area contributed by atoms with E-state index in [0.717, 1.165) is 12.3 Å². The number of aromatic nitrogens is 1. The fourth-order valence-electron chi connectivity index (χ4n) is 0.545. The summed E-state index contributed by atoms with van der Waals surface area (Å²) in [6.07, 6.45) is -1.68. The topological polar surface area (TPSA) is 12.9 Å². The Kier molecular flexibility index (Phi) is 1.14. The summed E-state index contributed by atoms with van der Waals surface area (Å²) < 4.78 is 47.6. The SMILES string of the molecule is [2H]C([2H])([2H])C([2H])([2H])C#Cc1ccc(F)cn1. The number of hydrogen-bond acceptors (Lipinski definition) is 1. The van der Waals surface area contributed by atoms with Crippen molar-refractivity contribution < 1.29 is 11.2 Å². The van der Waals surface area contributed by atoms with Gasteiger partial charge < -0.3 is 0 Å². The van der Waals surface area contributed by atoms with Crippen LogP contribution in [0, 0.1) is 17.7 Å². The molecule has 0 spiro atoms. The van der Waals surface area contributed by atoms with Crippen LogP contribution >= 0.6 is 0 Å².